The van der Waals surface area contributed by atoms with Crippen molar-refractivity contribution < 1.29 is 4.42 Å². The summed E-state index contributed by atoms with van der Waals surface area (Å²) in [4.78, 5) is 0. The van der Waals surface area contributed by atoms with Crippen LogP contribution in [0.4, 0.5) is 0 Å². The average molecular weight is 597 g/mol. The molecule has 9 aromatic rings. The molecule has 218 valence electrons. The molecule has 0 radical (unpaired) electrons. The van der Waals surface area contributed by atoms with Crippen LogP contribution < -0.4 is 0 Å². The molecule has 8 aromatic carbocycles. The van der Waals surface area contributed by atoms with E-state index in [1.807, 2.05) is 0 Å². The van der Waals surface area contributed by atoms with Crippen LogP contribution in [0.1, 0.15) is 23.1 Å². The monoisotopic (exact) mass is 596 g/mol. The van der Waals surface area contributed by atoms with Crippen LogP contribution in [0, 0.1) is 0 Å². The minimum atomic E-state index is 0.926. The Hall–Kier alpha value is -5.92. The van der Waals surface area contributed by atoms with Gasteiger partial charge in [-0.2, -0.15) is 0 Å². The van der Waals surface area contributed by atoms with Crippen LogP contribution in [0.15, 0.2) is 144 Å². The molecule has 0 fully saturated rings. The molecule has 0 bridgehead atoms. The lowest BCUT2D eigenvalue weighted by Crippen LogP contribution is -2.05. The maximum absolute atomic E-state index is 6.50. The fourth-order valence-corrected chi connectivity index (χ4v) is 8.73. The number of rotatable bonds is 2. The van der Waals surface area contributed by atoms with Crippen LogP contribution >= 0.6 is 0 Å². The Morgan fingerprint density at radius 1 is 0.468 bits per heavy atom. The van der Waals surface area contributed by atoms with Gasteiger partial charge in [-0.3, -0.25) is 0 Å². The summed E-state index contributed by atoms with van der Waals surface area (Å²) in [6.07, 6.45) is 9.05. The van der Waals surface area contributed by atoms with Gasteiger partial charge in [0.05, 0.1) is 0 Å². The van der Waals surface area contributed by atoms with Crippen molar-refractivity contribution >= 4 is 76.7 Å². The zero-order chi connectivity index (χ0) is 30.6. The van der Waals surface area contributed by atoms with Gasteiger partial charge in [-0.05, 0) is 107 Å². The maximum Gasteiger partial charge on any atom is 0.143 e. The number of furan rings is 1. The third-order valence-corrected chi connectivity index (χ3v) is 10.7. The fraction of sp³-hybridized carbons (Fsp3) is 0.0435. The summed E-state index contributed by atoms with van der Waals surface area (Å²) in [5, 5.41) is 12.6. The second-order valence-corrected chi connectivity index (χ2v) is 13.0. The van der Waals surface area contributed by atoms with Crippen LogP contribution in [-0.4, -0.2) is 0 Å². The Kier molecular flexibility index (Phi) is 5.01. The van der Waals surface area contributed by atoms with E-state index in [2.05, 4.69) is 146 Å². The summed E-state index contributed by atoms with van der Waals surface area (Å²) in [5.74, 6) is 0. The highest BCUT2D eigenvalue weighted by Crippen LogP contribution is 2.50. The van der Waals surface area contributed by atoms with Crippen LogP contribution in [-0.2, 0) is 6.42 Å². The minimum absolute atomic E-state index is 0.926. The van der Waals surface area contributed by atoms with Gasteiger partial charge in [0.25, 0.3) is 0 Å². The summed E-state index contributed by atoms with van der Waals surface area (Å²) in [5.41, 5.74) is 12.8. The number of para-hydroxylation sites is 1. The summed E-state index contributed by atoms with van der Waals surface area (Å²) < 4.78 is 6.50. The standard InChI is InChI=1S/C46H28O/c1-6-18-38-30(12-1)39(26-40-31-13-7-8-19-41(31)47-46(38)40)45-34-16-4-2-14-32(34)44(33-15-3-5-17-35(33)45)37-25-23-29-21-20-27-10-9-11-28-22-24-36(37)43(29)42(27)28/h1-10,12-23,25-26H,11,24H2. The Labute approximate surface area is 271 Å². The molecular formula is C46H28O. The third-order valence-electron chi connectivity index (χ3n) is 10.7. The lowest BCUT2D eigenvalue weighted by Gasteiger charge is -2.26. The van der Waals surface area contributed by atoms with Gasteiger partial charge in [-0.1, -0.05) is 133 Å². The number of hydrogen-bond acceptors (Lipinski definition) is 1. The Morgan fingerprint density at radius 2 is 1.09 bits per heavy atom. The van der Waals surface area contributed by atoms with E-state index in [1.165, 1.54) is 82.2 Å². The molecule has 0 atom stereocenters. The zero-order valence-corrected chi connectivity index (χ0v) is 25.7. The molecule has 1 aromatic heterocycles. The summed E-state index contributed by atoms with van der Waals surface area (Å²) in [6, 6.07) is 47.0. The van der Waals surface area contributed by atoms with E-state index in [0.29, 0.717) is 0 Å². The van der Waals surface area contributed by atoms with Gasteiger partial charge < -0.3 is 4.42 Å². The molecule has 2 aliphatic carbocycles. The molecule has 0 spiro atoms. The largest absolute Gasteiger partial charge is 0.455 e. The average Bonchev–Trinajstić information content (AvgIpc) is 3.52. The van der Waals surface area contributed by atoms with Crippen molar-refractivity contribution in [3.05, 3.63) is 156 Å². The van der Waals surface area contributed by atoms with Crippen molar-refractivity contribution in [2.75, 3.05) is 0 Å². The van der Waals surface area contributed by atoms with Gasteiger partial charge in [-0.15, -0.1) is 0 Å². The normalized spacial score (nSPS) is 13.8. The molecule has 1 nitrogen and oxygen atoms in total. The first-order chi connectivity index (χ1) is 23.3. The van der Waals surface area contributed by atoms with E-state index in [-0.39, 0.29) is 0 Å². The van der Waals surface area contributed by atoms with Crippen molar-refractivity contribution in [3.63, 3.8) is 0 Å². The second-order valence-electron chi connectivity index (χ2n) is 13.0. The molecule has 2 aliphatic rings. The fourth-order valence-electron chi connectivity index (χ4n) is 8.73. The van der Waals surface area contributed by atoms with Crippen molar-refractivity contribution in [2.45, 2.75) is 12.8 Å². The highest BCUT2D eigenvalue weighted by Gasteiger charge is 2.25. The van der Waals surface area contributed by atoms with Crippen molar-refractivity contribution in [1.82, 2.24) is 0 Å². The number of fused-ring (bicyclic) bond motifs is 7. The summed E-state index contributed by atoms with van der Waals surface area (Å²) >= 11 is 0. The molecule has 11 rings (SSSR count). The molecule has 0 N–H and O–H groups in total. The van der Waals surface area contributed by atoms with Crippen LogP contribution in [0.25, 0.3) is 98.9 Å². The smallest absolute Gasteiger partial charge is 0.143 e. The number of allylic oxidation sites excluding steroid dienone is 3. The van der Waals surface area contributed by atoms with Gasteiger partial charge in [-0.25, -0.2) is 0 Å². The first-order valence-electron chi connectivity index (χ1n) is 16.6. The van der Waals surface area contributed by atoms with Crippen molar-refractivity contribution in [2.24, 2.45) is 0 Å². The zero-order valence-electron chi connectivity index (χ0n) is 25.7. The third kappa shape index (κ3) is 3.38. The van der Waals surface area contributed by atoms with Gasteiger partial charge in [0, 0.05) is 16.2 Å². The van der Waals surface area contributed by atoms with Crippen LogP contribution in [0.3, 0.4) is 0 Å². The quantitative estimate of drug-likeness (QED) is 0.181. The molecule has 47 heavy (non-hydrogen) atoms. The highest BCUT2D eigenvalue weighted by molar-refractivity contribution is 6.27. The topological polar surface area (TPSA) is 13.1 Å². The number of benzene rings is 8. The van der Waals surface area contributed by atoms with Crippen LogP contribution in [0.2, 0.25) is 0 Å². The Morgan fingerprint density at radius 3 is 1.83 bits per heavy atom. The first kappa shape index (κ1) is 25.3. The molecule has 0 unspecified atom stereocenters. The maximum atomic E-state index is 6.50. The summed E-state index contributed by atoms with van der Waals surface area (Å²) in [6.45, 7) is 0. The van der Waals surface area contributed by atoms with E-state index in [4.69, 9.17) is 4.42 Å². The highest BCUT2D eigenvalue weighted by atomic mass is 16.3. The van der Waals surface area contributed by atoms with Gasteiger partial charge in [0.2, 0.25) is 0 Å². The van der Waals surface area contributed by atoms with Gasteiger partial charge >= 0.3 is 0 Å². The SMILES string of the molecule is C1=Cc2ccc3ccc(-c4c5ccccc5c(-c5cc6c7ccccc7oc6c6ccccc56)c5ccccc45)c4c3c2C(=CC4)C1. The molecule has 0 amide bonds. The van der Waals surface area contributed by atoms with E-state index in [9.17, 15) is 0 Å². The lowest BCUT2D eigenvalue weighted by atomic mass is 9.77. The molecule has 1 heterocycles. The van der Waals surface area contributed by atoms with E-state index in [0.717, 1.165) is 40.2 Å². The second kappa shape index (κ2) is 9.31. The van der Waals surface area contributed by atoms with Gasteiger partial charge in [0.1, 0.15) is 11.2 Å². The van der Waals surface area contributed by atoms with E-state index in [1.54, 1.807) is 0 Å². The lowest BCUT2D eigenvalue weighted by molar-refractivity contribution is 0.672. The minimum Gasteiger partial charge on any atom is -0.455 e. The molecule has 0 saturated carbocycles. The Bertz CT molecular complexity index is 2840. The van der Waals surface area contributed by atoms with Gasteiger partial charge in [0.15, 0.2) is 0 Å². The summed E-state index contributed by atoms with van der Waals surface area (Å²) in [7, 11) is 0. The molecule has 0 aliphatic heterocycles. The van der Waals surface area contributed by atoms with Crippen LogP contribution in [0.5, 0.6) is 0 Å². The Balaban J connectivity index is 1.29. The molecule has 1 heteroatoms. The molecular weight excluding hydrogens is 569 g/mol. The first-order valence-corrected chi connectivity index (χ1v) is 16.6. The molecule has 0 saturated heterocycles. The predicted octanol–water partition coefficient (Wildman–Crippen LogP) is 12.9. The van der Waals surface area contributed by atoms with E-state index < -0.39 is 0 Å². The van der Waals surface area contributed by atoms with E-state index >= 15 is 0 Å². The number of hydrogen-bond donors (Lipinski definition) is 0. The van der Waals surface area contributed by atoms with Crippen molar-refractivity contribution in [1.29, 1.82) is 0 Å². The van der Waals surface area contributed by atoms with Crippen molar-refractivity contribution in [3.8, 4) is 22.3 Å². The predicted molar refractivity (Wildman–Crippen MR) is 200 cm³/mol.